The molecule has 2 aromatic carbocycles. The average Bonchev–Trinajstić information content (AvgIpc) is 4.11. The quantitative estimate of drug-likeness (QED) is 0.239. The van der Waals surface area contributed by atoms with E-state index >= 15 is 0 Å². The number of likely N-dealkylation sites (tertiary alicyclic amines) is 1. The predicted molar refractivity (Wildman–Crippen MR) is 204 cm³/mol. The van der Waals surface area contributed by atoms with Crippen LogP contribution in [-0.2, 0) is 21.4 Å². The van der Waals surface area contributed by atoms with Crippen LogP contribution >= 0.6 is 0 Å². The highest BCUT2D eigenvalue weighted by Crippen LogP contribution is 2.53. The summed E-state index contributed by atoms with van der Waals surface area (Å²) in [6, 6.07) is 13.8. The number of nitrogens with zero attached hydrogens (tertiary/aromatic N) is 4. The number of carbonyl (C=O) groups excluding carboxylic acids is 3. The van der Waals surface area contributed by atoms with Crippen molar-refractivity contribution < 1.29 is 27.5 Å². The first-order chi connectivity index (χ1) is 25.6. The van der Waals surface area contributed by atoms with Crippen molar-refractivity contribution in [1.82, 2.24) is 24.0 Å². The van der Waals surface area contributed by atoms with E-state index in [2.05, 4.69) is 26.3 Å². The molecule has 3 heterocycles. The van der Waals surface area contributed by atoms with Gasteiger partial charge in [-0.25, -0.2) is 17.9 Å². The maximum atomic E-state index is 14.9. The van der Waals surface area contributed by atoms with Crippen molar-refractivity contribution in [2.45, 2.75) is 114 Å². The van der Waals surface area contributed by atoms with Crippen molar-refractivity contribution in [2.75, 3.05) is 33.3 Å². The number of sulfonamides is 1. The zero-order valence-electron chi connectivity index (χ0n) is 31.3. The molecule has 0 radical (unpaired) electrons. The summed E-state index contributed by atoms with van der Waals surface area (Å²) < 4.78 is 35.7. The number of amides is 4. The molecule has 5 aliphatic rings. The first-order valence-electron chi connectivity index (χ1n) is 19.8. The molecule has 12 heteroatoms. The lowest BCUT2D eigenvalue weighted by Gasteiger charge is -2.43. The number of carbonyl (C=O) groups is 3. The van der Waals surface area contributed by atoms with E-state index in [0.717, 1.165) is 79.3 Å². The molecule has 2 atom stereocenters. The van der Waals surface area contributed by atoms with Crippen LogP contribution in [0.2, 0.25) is 0 Å². The number of aromatic nitrogens is 1. The molecule has 4 amide bonds. The number of piperazine rings is 1. The summed E-state index contributed by atoms with van der Waals surface area (Å²) in [5, 5.41) is 0.544. The molecule has 1 aromatic heterocycles. The standard InChI is InChI=1S/C41H53N5O6S/c1-4-43(5-2)40(49)44-24-30-14-15-31(25-44)46(30)39(48)41(21-22-41)26-45-35-23-29(38(47)42-53(50,51)33-18-19-33)13-20-34(35)36(27-9-7-6-8-10-27)37(45)28-11-16-32(52-3)17-12-28/h11-13,16-17,20,23,27,30-31,33H,4-10,14-15,18-19,21-22,24-26H2,1-3H3,(H,42,47). The van der Waals surface area contributed by atoms with E-state index in [4.69, 9.17) is 4.74 Å². The number of hydrogen-bond acceptors (Lipinski definition) is 6. The highest BCUT2D eigenvalue weighted by Gasteiger charge is 2.57. The van der Waals surface area contributed by atoms with Crippen LogP contribution in [0.3, 0.4) is 0 Å². The minimum atomic E-state index is -3.73. The molecule has 1 N–H and O–H groups in total. The van der Waals surface area contributed by atoms with E-state index < -0.39 is 26.6 Å². The van der Waals surface area contributed by atoms with Gasteiger partial charge in [0.15, 0.2) is 0 Å². The van der Waals surface area contributed by atoms with Gasteiger partial charge in [0.05, 0.1) is 23.5 Å². The smallest absolute Gasteiger partial charge is 0.320 e. The Morgan fingerprint density at radius 3 is 2.13 bits per heavy atom. The van der Waals surface area contributed by atoms with E-state index in [9.17, 15) is 22.8 Å². The topological polar surface area (TPSA) is 121 Å². The number of hydrogen-bond donors (Lipinski definition) is 1. The number of benzene rings is 2. The molecule has 11 nitrogen and oxygen atoms in total. The summed E-state index contributed by atoms with van der Waals surface area (Å²) in [6.07, 6.45) is 10.1. The van der Waals surface area contributed by atoms with E-state index in [1.165, 1.54) is 12.0 Å². The van der Waals surface area contributed by atoms with Crippen LogP contribution in [0, 0.1) is 5.41 Å². The molecule has 2 saturated heterocycles. The van der Waals surface area contributed by atoms with Gasteiger partial charge in [0.1, 0.15) is 5.75 Å². The molecule has 0 spiro atoms. The summed E-state index contributed by atoms with van der Waals surface area (Å²) in [7, 11) is -2.07. The summed E-state index contributed by atoms with van der Waals surface area (Å²) in [4.78, 5) is 47.7. The van der Waals surface area contributed by atoms with Crippen molar-refractivity contribution >= 4 is 38.8 Å². The molecular weight excluding hydrogens is 691 g/mol. The van der Waals surface area contributed by atoms with Crippen LogP contribution < -0.4 is 9.46 Å². The van der Waals surface area contributed by atoms with Gasteiger partial charge in [-0.2, -0.15) is 0 Å². The summed E-state index contributed by atoms with van der Waals surface area (Å²) in [6.45, 7) is 6.91. The molecule has 8 rings (SSSR count). The van der Waals surface area contributed by atoms with Gasteiger partial charge < -0.3 is 24.0 Å². The molecule has 5 fully saturated rings. The zero-order chi connectivity index (χ0) is 37.1. The molecule has 2 bridgehead atoms. The lowest BCUT2D eigenvalue weighted by Crippen LogP contribution is -2.60. The molecule has 2 unspecified atom stereocenters. The van der Waals surface area contributed by atoms with Crippen LogP contribution in [0.25, 0.3) is 22.2 Å². The number of methoxy groups -OCH3 is 1. The molecule has 3 aromatic rings. The van der Waals surface area contributed by atoms with Crippen molar-refractivity contribution in [3.8, 4) is 17.0 Å². The Labute approximate surface area is 313 Å². The highest BCUT2D eigenvalue weighted by atomic mass is 32.2. The molecule has 2 aliphatic heterocycles. The number of rotatable bonds is 11. The minimum Gasteiger partial charge on any atom is -0.497 e. The second kappa shape index (κ2) is 14.0. The van der Waals surface area contributed by atoms with E-state index in [0.29, 0.717) is 57.0 Å². The largest absolute Gasteiger partial charge is 0.497 e. The first-order valence-corrected chi connectivity index (χ1v) is 21.3. The molecule has 284 valence electrons. The summed E-state index contributed by atoms with van der Waals surface area (Å²) in [5.74, 6) is 0.626. The zero-order valence-corrected chi connectivity index (χ0v) is 32.1. The maximum Gasteiger partial charge on any atom is 0.320 e. The molecule has 53 heavy (non-hydrogen) atoms. The fraction of sp³-hybridized carbons (Fsp3) is 0.585. The Morgan fingerprint density at radius 2 is 1.55 bits per heavy atom. The Hall–Kier alpha value is -4.06. The van der Waals surface area contributed by atoms with Gasteiger partial charge in [-0.1, -0.05) is 25.3 Å². The number of nitrogens with one attached hydrogen (secondary N) is 1. The SMILES string of the molecule is CCN(CC)C(=O)N1CC2CCC(C1)N2C(=O)C1(Cn2c(-c3ccc(OC)cc3)c(C3CCCCC3)c3ccc(C(=O)NS(=O)(=O)C4CC4)cc32)CC1. The number of urea groups is 1. The van der Waals surface area contributed by atoms with Gasteiger partial charge in [0.25, 0.3) is 5.91 Å². The molecular formula is C41H53N5O6S. The molecule has 3 saturated carbocycles. The van der Waals surface area contributed by atoms with Gasteiger partial charge in [-0.05, 0) is 119 Å². The summed E-state index contributed by atoms with van der Waals surface area (Å²) in [5.41, 5.74) is 3.88. The lowest BCUT2D eigenvalue weighted by atomic mass is 9.81. The number of ether oxygens (including phenoxy) is 1. The predicted octanol–water partition coefficient (Wildman–Crippen LogP) is 6.50. The van der Waals surface area contributed by atoms with E-state index in [1.807, 2.05) is 47.9 Å². The van der Waals surface area contributed by atoms with Crippen LogP contribution in [0.1, 0.15) is 106 Å². The van der Waals surface area contributed by atoms with Gasteiger partial charge in [-0.15, -0.1) is 0 Å². The van der Waals surface area contributed by atoms with Crippen molar-refractivity contribution in [2.24, 2.45) is 5.41 Å². The Morgan fingerprint density at radius 1 is 0.887 bits per heavy atom. The van der Waals surface area contributed by atoms with Crippen LogP contribution in [0.5, 0.6) is 5.75 Å². The minimum absolute atomic E-state index is 0.00205. The van der Waals surface area contributed by atoms with Crippen molar-refractivity contribution in [3.63, 3.8) is 0 Å². The fourth-order valence-corrected chi connectivity index (χ4v) is 10.7. The van der Waals surface area contributed by atoms with Crippen molar-refractivity contribution in [1.29, 1.82) is 0 Å². The Balaban J connectivity index is 1.19. The third-order valence-electron chi connectivity index (χ3n) is 12.7. The van der Waals surface area contributed by atoms with Gasteiger partial charge in [-0.3, -0.25) is 9.59 Å². The van der Waals surface area contributed by atoms with Crippen LogP contribution in [0.15, 0.2) is 42.5 Å². The number of fused-ring (bicyclic) bond motifs is 3. The normalized spacial score (nSPS) is 22.5. The van der Waals surface area contributed by atoms with Crippen molar-refractivity contribution in [3.05, 3.63) is 53.6 Å². The third-order valence-corrected chi connectivity index (χ3v) is 14.5. The third kappa shape index (κ3) is 6.59. The average molecular weight is 744 g/mol. The van der Waals surface area contributed by atoms with Gasteiger partial charge in [0.2, 0.25) is 15.9 Å². The summed E-state index contributed by atoms with van der Waals surface area (Å²) >= 11 is 0. The van der Waals surface area contributed by atoms with Gasteiger partial charge >= 0.3 is 6.03 Å². The second-order valence-corrected chi connectivity index (χ2v) is 18.0. The van der Waals surface area contributed by atoms with Crippen LogP contribution in [-0.4, -0.2) is 96.2 Å². The van der Waals surface area contributed by atoms with E-state index in [1.54, 1.807) is 13.2 Å². The first kappa shape index (κ1) is 35.9. The van der Waals surface area contributed by atoms with Gasteiger partial charge in [0, 0.05) is 61.3 Å². The molecule has 3 aliphatic carbocycles. The Kier molecular flexibility index (Phi) is 9.48. The van der Waals surface area contributed by atoms with Crippen LogP contribution in [0.4, 0.5) is 4.79 Å². The highest BCUT2D eigenvalue weighted by molar-refractivity contribution is 7.91. The monoisotopic (exact) mass is 743 g/mol. The lowest BCUT2D eigenvalue weighted by molar-refractivity contribution is -0.143. The second-order valence-electron chi connectivity index (χ2n) is 16.1. The Bertz CT molecular complexity index is 1990. The van der Waals surface area contributed by atoms with E-state index in [-0.39, 0.29) is 24.0 Å². The fourth-order valence-electron chi connectivity index (χ4n) is 9.45. The maximum absolute atomic E-state index is 14.9.